The molecule has 0 unspecified atom stereocenters. The molecule has 2 aromatic rings. The molecule has 3 N–H and O–H groups in total. The van der Waals surface area contributed by atoms with Crippen molar-refractivity contribution in [1.29, 1.82) is 0 Å². The zero-order valence-corrected chi connectivity index (χ0v) is 21.0. The standard InChI is InChI=1S/C21H19Cl2IN4O5/c1-32-17-5-11(9-25-28-21(31)20(30)27-14-2-3-14)4-16(24)19(17)33-10-18(29)26-15-7-12(22)6-13(23)8-15/h4-9,14H,2-3,10H2,1H3,(H,26,29)(H,27,30)(H,28,31)/b25-9-. The number of hydrogen-bond acceptors (Lipinski definition) is 6. The number of nitrogens with zero attached hydrogens (tertiary/aromatic N) is 1. The number of nitrogens with one attached hydrogen (secondary N) is 3. The summed E-state index contributed by atoms with van der Waals surface area (Å²) in [6.45, 7) is -0.282. The topological polar surface area (TPSA) is 118 Å². The first-order valence-electron chi connectivity index (χ1n) is 9.65. The minimum Gasteiger partial charge on any atom is -0.493 e. The van der Waals surface area contributed by atoms with E-state index in [4.69, 9.17) is 32.7 Å². The fraction of sp³-hybridized carbons (Fsp3) is 0.238. The van der Waals surface area contributed by atoms with Crippen LogP contribution in [0.25, 0.3) is 0 Å². The van der Waals surface area contributed by atoms with Crippen LogP contribution in [0.5, 0.6) is 11.5 Å². The maximum absolute atomic E-state index is 12.3. The lowest BCUT2D eigenvalue weighted by atomic mass is 10.2. The number of hydrogen-bond donors (Lipinski definition) is 3. The van der Waals surface area contributed by atoms with Crippen molar-refractivity contribution in [2.24, 2.45) is 5.10 Å². The van der Waals surface area contributed by atoms with Gasteiger partial charge >= 0.3 is 11.8 Å². The largest absolute Gasteiger partial charge is 0.493 e. The van der Waals surface area contributed by atoms with E-state index in [9.17, 15) is 14.4 Å². The van der Waals surface area contributed by atoms with Gasteiger partial charge in [0.1, 0.15) is 0 Å². The van der Waals surface area contributed by atoms with E-state index in [0.717, 1.165) is 12.8 Å². The van der Waals surface area contributed by atoms with Crippen molar-refractivity contribution in [3.63, 3.8) is 0 Å². The third kappa shape index (κ3) is 7.76. The lowest BCUT2D eigenvalue weighted by molar-refractivity contribution is -0.139. The molecular weight excluding hydrogens is 586 g/mol. The highest BCUT2D eigenvalue weighted by Gasteiger charge is 2.26. The summed E-state index contributed by atoms with van der Waals surface area (Å²) in [5, 5.41) is 9.82. The number of carbonyl (C=O) groups excluding carboxylic acids is 3. The third-order valence-corrected chi connectivity index (χ3v) is 5.48. The molecule has 0 aromatic heterocycles. The van der Waals surface area contributed by atoms with Gasteiger partial charge in [-0.3, -0.25) is 14.4 Å². The van der Waals surface area contributed by atoms with Crippen LogP contribution in [0.4, 0.5) is 5.69 Å². The molecule has 33 heavy (non-hydrogen) atoms. The number of carbonyl (C=O) groups is 3. The molecule has 0 bridgehead atoms. The van der Waals surface area contributed by atoms with Crippen molar-refractivity contribution in [2.75, 3.05) is 19.0 Å². The SMILES string of the molecule is COc1cc(/C=N\NC(=O)C(=O)NC2CC2)cc(I)c1OCC(=O)Nc1cc(Cl)cc(Cl)c1. The molecule has 2 aromatic carbocycles. The van der Waals surface area contributed by atoms with E-state index in [1.807, 2.05) is 22.6 Å². The number of methoxy groups -OCH3 is 1. The van der Waals surface area contributed by atoms with Crippen molar-refractivity contribution >= 4 is 75.4 Å². The van der Waals surface area contributed by atoms with Gasteiger partial charge < -0.3 is 20.1 Å². The molecule has 0 spiro atoms. The van der Waals surface area contributed by atoms with Gasteiger partial charge in [-0.1, -0.05) is 23.2 Å². The summed E-state index contributed by atoms with van der Waals surface area (Å²) in [4.78, 5) is 35.6. The number of halogens is 3. The van der Waals surface area contributed by atoms with Crippen LogP contribution in [0.1, 0.15) is 18.4 Å². The fourth-order valence-electron chi connectivity index (χ4n) is 2.61. The molecule has 1 aliphatic carbocycles. The molecule has 1 fully saturated rings. The Bertz CT molecular complexity index is 1090. The van der Waals surface area contributed by atoms with Gasteiger partial charge in [0.25, 0.3) is 5.91 Å². The monoisotopic (exact) mass is 604 g/mol. The Balaban J connectivity index is 1.59. The average molecular weight is 605 g/mol. The summed E-state index contributed by atoms with van der Waals surface area (Å²) in [6, 6.07) is 8.10. The van der Waals surface area contributed by atoms with E-state index in [2.05, 4.69) is 21.2 Å². The van der Waals surface area contributed by atoms with Crippen LogP contribution in [0.2, 0.25) is 10.0 Å². The molecule has 0 saturated heterocycles. The van der Waals surface area contributed by atoms with Crippen LogP contribution >= 0.6 is 45.8 Å². The molecule has 0 radical (unpaired) electrons. The summed E-state index contributed by atoms with van der Waals surface area (Å²) in [5.41, 5.74) is 3.21. The smallest absolute Gasteiger partial charge is 0.329 e. The maximum atomic E-state index is 12.3. The van der Waals surface area contributed by atoms with Crippen LogP contribution in [0.15, 0.2) is 35.4 Å². The minimum atomic E-state index is -0.841. The summed E-state index contributed by atoms with van der Waals surface area (Å²) in [6.07, 6.45) is 3.13. The lowest BCUT2D eigenvalue weighted by Gasteiger charge is -2.13. The van der Waals surface area contributed by atoms with Crippen LogP contribution in [0.3, 0.4) is 0 Å². The maximum Gasteiger partial charge on any atom is 0.329 e. The second-order valence-corrected chi connectivity index (χ2v) is 9.01. The first-order chi connectivity index (χ1) is 15.7. The number of benzene rings is 2. The number of rotatable bonds is 8. The molecule has 3 amide bonds. The second-order valence-electron chi connectivity index (χ2n) is 6.98. The quantitative estimate of drug-likeness (QED) is 0.185. The van der Waals surface area contributed by atoms with Crippen LogP contribution in [0, 0.1) is 3.57 Å². The molecule has 12 heteroatoms. The van der Waals surface area contributed by atoms with E-state index in [1.54, 1.807) is 30.3 Å². The number of hydrazone groups is 1. The van der Waals surface area contributed by atoms with Crippen LogP contribution < -0.4 is 25.5 Å². The van der Waals surface area contributed by atoms with Gasteiger partial charge in [-0.25, -0.2) is 5.43 Å². The second kappa shape index (κ2) is 11.5. The number of amides is 3. The summed E-state index contributed by atoms with van der Waals surface area (Å²) in [5.74, 6) is -1.25. The van der Waals surface area contributed by atoms with Crippen molar-refractivity contribution in [1.82, 2.24) is 10.7 Å². The lowest BCUT2D eigenvalue weighted by Crippen LogP contribution is -2.38. The molecule has 0 aliphatic heterocycles. The Morgan fingerprint density at radius 2 is 1.82 bits per heavy atom. The summed E-state index contributed by atoms with van der Waals surface area (Å²) >= 11 is 13.9. The van der Waals surface area contributed by atoms with Gasteiger partial charge in [0.2, 0.25) is 0 Å². The Morgan fingerprint density at radius 1 is 1.12 bits per heavy atom. The molecule has 1 saturated carbocycles. The molecule has 0 atom stereocenters. The zero-order chi connectivity index (χ0) is 24.0. The number of ether oxygens (including phenoxy) is 2. The van der Waals surface area contributed by atoms with Crippen molar-refractivity contribution in [3.8, 4) is 11.5 Å². The molecule has 1 aliphatic rings. The fourth-order valence-corrected chi connectivity index (χ4v) is 3.92. The van der Waals surface area contributed by atoms with E-state index < -0.39 is 17.7 Å². The zero-order valence-electron chi connectivity index (χ0n) is 17.3. The van der Waals surface area contributed by atoms with Gasteiger partial charge in [0.15, 0.2) is 18.1 Å². The first kappa shape index (κ1) is 25.1. The highest BCUT2D eigenvalue weighted by Crippen LogP contribution is 2.33. The van der Waals surface area contributed by atoms with Gasteiger partial charge in [-0.15, -0.1) is 0 Å². The average Bonchev–Trinajstić information content (AvgIpc) is 3.55. The molecule has 174 valence electrons. The molecule has 0 heterocycles. The Hall–Kier alpha value is -2.57. The number of anilines is 1. The third-order valence-electron chi connectivity index (χ3n) is 4.24. The molecular formula is C21H19Cl2IN4O5. The van der Waals surface area contributed by atoms with E-state index >= 15 is 0 Å². The van der Waals surface area contributed by atoms with Gasteiger partial charge in [0, 0.05) is 21.8 Å². The Morgan fingerprint density at radius 3 is 2.45 bits per heavy atom. The molecule has 3 rings (SSSR count). The molecule has 9 nitrogen and oxygen atoms in total. The van der Waals surface area contributed by atoms with E-state index in [1.165, 1.54) is 13.3 Å². The Labute approximate surface area is 213 Å². The normalized spacial score (nSPS) is 12.8. The predicted molar refractivity (Wildman–Crippen MR) is 133 cm³/mol. The van der Waals surface area contributed by atoms with Crippen molar-refractivity contribution < 1.29 is 23.9 Å². The minimum absolute atomic E-state index is 0.0796. The van der Waals surface area contributed by atoms with Gasteiger partial charge in [-0.05, 0) is 71.3 Å². The van der Waals surface area contributed by atoms with Crippen LogP contribution in [-0.4, -0.2) is 43.7 Å². The highest BCUT2D eigenvalue weighted by molar-refractivity contribution is 14.1. The Kier molecular flexibility index (Phi) is 8.75. The first-order valence-corrected chi connectivity index (χ1v) is 11.5. The van der Waals surface area contributed by atoms with Crippen LogP contribution in [-0.2, 0) is 14.4 Å². The van der Waals surface area contributed by atoms with E-state index in [0.29, 0.717) is 36.4 Å². The summed E-state index contributed by atoms with van der Waals surface area (Å²) < 4.78 is 11.6. The highest BCUT2D eigenvalue weighted by atomic mass is 127. The predicted octanol–water partition coefficient (Wildman–Crippen LogP) is 3.35. The van der Waals surface area contributed by atoms with Gasteiger partial charge in [-0.2, -0.15) is 5.10 Å². The van der Waals surface area contributed by atoms with Crippen molar-refractivity contribution in [2.45, 2.75) is 18.9 Å². The van der Waals surface area contributed by atoms with Crippen molar-refractivity contribution in [3.05, 3.63) is 49.5 Å². The van der Waals surface area contributed by atoms with E-state index in [-0.39, 0.29) is 12.6 Å². The summed E-state index contributed by atoms with van der Waals surface area (Å²) in [7, 11) is 1.46. The van der Waals surface area contributed by atoms with Gasteiger partial charge in [0.05, 0.1) is 16.9 Å².